The van der Waals surface area contributed by atoms with Crippen LogP contribution in [0.3, 0.4) is 0 Å². The Morgan fingerprint density at radius 2 is 1.85 bits per heavy atom. The topological polar surface area (TPSA) is 82.6 Å². The maximum Gasteiger partial charge on any atom is 0.255 e. The molecule has 1 N–H and O–H groups in total. The van der Waals surface area contributed by atoms with Crippen molar-refractivity contribution in [3.63, 3.8) is 0 Å². The first-order valence-corrected chi connectivity index (χ1v) is 10.7. The maximum atomic E-state index is 12.4. The summed E-state index contributed by atoms with van der Waals surface area (Å²) >= 11 is 0. The van der Waals surface area contributed by atoms with E-state index in [1.807, 2.05) is 12.1 Å². The Hall–Kier alpha value is -2.61. The number of sulfonamides is 1. The van der Waals surface area contributed by atoms with Crippen LogP contribution in [0.2, 0.25) is 0 Å². The fraction of sp³-hybridized carbons (Fsp3) is 0.368. The quantitative estimate of drug-likeness (QED) is 0.823. The molecule has 1 amide bonds. The Bertz CT molecular complexity index is 892. The number of aromatic nitrogens is 1. The lowest BCUT2D eigenvalue weighted by Crippen LogP contribution is -2.25. The Morgan fingerprint density at radius 1 is 1.15 bits per heavy atom. The molecule has 0 spiro atoms. The Balaban J connectivity index is 1.68. The van der Waals surface area contributed by atoms with Gasteiger partial charge in [-0.2, -0.15) is 0 Å². The third-order valence-corrected chi connectivity index (χ3v) is 6.48. The van der Waals surface area contributed by atoms with Crippen LogP contribution in [0.4, 0.5) is 17.2 Å². The molecule has 0 aliphatic carbocycles. The van der Waals surface area contributed by atoms with Gasteiger partial charge in [-0.1, -0.05) is 0 Å². The normalized spacial score (nSPS) is 15.6. The highest BCUT2D eigenvalue weighted by Crippen LogP contribution is 2.24. The highest BCUT2D eigenvalue weighted by atomic mass is 32.2. The minimum atomic E-state index is -3.22. The van der Waals surface area contributed by atoms with Crippen molar-refractivity contribution >= 4 is 33.1 Å². The van der Waals surface area contributed by atoms with Crippen molar-refractivity contribution < 1.29 is 13.2 Å². The highest BCUT2D eigenvalue weighted by molar-refractivity contribution is 7.93. The molecule has 144 valence electrons. The van der Waals surface area contributed by atoms with E-state index >= 15 is 0 Å². The van der Waals surface area contributed by atoms with E-state index in [0.717, 1.165) is 18.9 Å². The predicted octanol–water partition coefficient (Wildman–Crippen LogP) is 2.72. The van der Waals surface area contributed by atoms with Crippen molar-refractivity contribution in [3.8, 4) is 0 Å². The number of carbonyl (C=O) groups excluding carboxylic acids is 1. The van der Waals surface area contributed by atoms with Gasteiger partial charge in [0.1, 0.15) is 5.82 Å². The SMILES string of the molecule is CCN(CC)c1ccc(NC(=O)c2ccc(N3CCCS3(=O)=O)cc2)cn1. The molecular formula is C19H24N4O3S. The Labute approximate surface area is 160 Å². The molecule has 1 saturated heterocycles. The average molecular weight is 388 g/mol. The summed E-state index contributed by atoms with van der Waals surface area (Å²) in [5, 5.41) is 2.81. The van der Waals surface area contributed by atoms with Crippen LogP contribution >= 0.6 is 0 Å². The van der Waals surface area contributed by atoms with Crippen LogP contribution in [0.5, 0.6) is 0 Å². The number of nitrogens with zero attached hydrogens (tertiary/aromatic N) is 3. The molecule has 27 heavy (non-hydrogen) atoms. The van der Waals surface area contributed by atoms with Gasteiger partial charge in [-0.25, -0.2) is 13.4 Å². The minimum absolute atomic E-state index is 0.172. The molecule has 0 saturated carbocycles. The van der Waals surface area contributed by atoms with Crippen molar-refractivity contribution in [2.75, 3.05) is 39.9 Å². The number of hydrogen-bond acceptors (Lipinski definition) is 5. The average Bonchev–Trinajstić information content (AvgIpc) is 3.03. The molecule has 0 radical (unpaired) electrons. The second-order valence-corrected chi connectivity index (χ2v) is 8.33. The second-order valence-electron chi connectivity index (χ2n) is 6.32. The van der Waals surface area contributed by atoms with Crippen LogP contribution in [0.25, 0.3) is 0 Å². The Morgan fingerprint density at radius 3 is 2.37 bits per heavy atom. The van der Waals surface area contributed by atoms with E-state index in [9.17, 15) is 13.2 Å². The largest absolute Gasteiger partial charge is 0.357 e. The van der Waals surface area contributed by atoms with Gasteiger partial charge in [-0.05, 0) is 56.7 Å². The van der Waals surface area contributed by atoms with E-state index in [-0.39, 0.29) is 11.7 Å². The van der Waals surface area contributed by atoms with E-state index in [2.05, 4.69) is 29.0 Å². The summed E-state index contributed by atoms with van der Waals surface area (Å²) in [4.78, 5) is 18.9. The number of pyridine rings is 1. The lowest BCUT2D eigenvalue weighted by atomic mass is 10.2. The van der Waals surface area contributed by atoms with Gasteiger partial charge in [-0.15, -0.1) is 0 Å². The van der Waals surface area contributed by atoms with Gasteiger partial charge < -0.3 is 10.2 Å². The van der Waals surface area contributed by atoms with Crippen LogP contribution in [0, 0.1) is 0 Å². The van der Waals surface area contributed by atoms with Gasteiger partial charge in [0.2, 0.25) is 10.0 Å². The molecule has 0 unspecified atom stereocenters. The molecule has 2 aromatic rings. The number of anilines is 3. The van der Waals surface area contributed by atoms with Crippen LogP contribution in [0.15, 0.2) is 42.6 Å². The van der Waals surface area contributed by atoms with Crippen LogP contribution in [0.1, 0.15) is 30.6 Å². The van der Waals surface area contributed by atoms with Gasteiger partial charge in [-0.3, -0.25) is 9.10 Å². The zero-order valence-electron chi connectivity index (χ0n) is 15.6. The summed E-state index contributed by atoms with van der Waals surface area (Å²) in [5.74, 6) is 0.781. The molecule has 8 heteroatoms. The molecule has 1 aliphatic heterocycles. The predicted molar refractivity (Wildman–Crippen MR) is 108 cm³/mol. The van der Waals surface area contributed by atoms with E-state index in [1.165, 1.54) is 4.31 Å². The minimum Gasteiger partial charge on any atom is -0.357 e. The molecule has 2 heterocycles. The molecule has 1 fully saturated rings. The molecule has 0 atom stereocenters. The van der Waals surface area contributed by atoms with Gasteiger partial charge in [0.15, 0.2) is 0 Å². The smallest absolute Gasteiger partial charge is 0.255 e. The van der Waals surface area contributed by atoms with Crippen molar-refractivity contribution in [2.24, 2.45) is 0 Å². The van der Waals surface area contributed by atoms with Crippen molar-refractivity contribution in [2.45, 2.75) is 20.3 Å². The number of nitrogens with one attached hydrogen (secondary N) is 1. The molecule has 1 aliphatic rings. The number of amides is 1. The highest BCUT2D eigenvalue weighted by Gasteiger charge is 2.28. The first-order valence-electron chi connectivity index (χ1n) is 9.07. The molecule has 1 aromatic heterocycles. The summed E-state index contributed by atoms with van der Waals surface area (Å²) in [5.41, 5.74) is 1.67. The summed E-state index contributed by atoms with van der Waals surface area (Å²) in [6.45, 7) is 6.36. The monoisotopic (exact) mass is 388 g/mol. The lowest BCUT2D eigenvalue weighted by molar-refractivity contribution is 0.102. The van der Waals surface area contributed by atoms with Gasteiger partial charge in [0.25, 0.3) is 5.91 Å². The van der Waals surface area contributed by atoms with E-state index in [1.54, 1.807) is 30.5 Å². The molecule has 0 bridgehead atoms. The third kappa shape index (κ3) is 4.21. The van der Waals surface area contributed by atoms with Gasteiger partial charge >= 0.3 is 0 Å². The first kappa shape index (κ1) is 19.2. The van der Waals surface area contributed by atoms with Crippen LogP contribution < -0.4 is 14.5 Å². The molecule has 3 rings (SSSR count). The fourth-order valence-electron chi connectivity index (χ4n) is 3.11. The van der Waals surface area contributed by atoms with Crippen LogP contribution in [-0.4, -0.2) is 44.7 Å². The number of benzene rings is 1. The summed E-state index contributed by atoms with van der Waals surface area (Å²) in [7, 11) is -3.22. The fourth-order valence-corrected chi connectivity index (χ4v) is 4.67. The Kier molecular flexibility index (Phi) is 5.65. The number of rotatable bonds is 6. The third-order valence-electron chi connectivity index (χ3n) is 4.61. The van der Waals surface area contributed by atoms with Crippen molar-refractivity contribution in [1.29, 1.82) is 0 Å². The lowest BCUT2D eigenvalue weighted by Gasteiger charge is -2.19. The van der Waals surface area contributed by atoms with E-state index in [0.29, 0.717) is 29.9 Å². The van der Waals surface area contributed by atoms with Crippen molar-refractivity contribution in [1.82, 2.24) is 4.98 Å². The zero-order chi connectivity index (χ0) is 19.4. The number of hydrogen-bond donors (Lipinski definition) is 1. The standard InChI is InChI=1S/C19H24N4O3S/c1-3-22(4-2)18-11-8-16(14-20-18)21-19(24)15-6-9-17(10-7-15)23-12-5-13-27(23,25)26/h6-11,14H,3-5,12-13H2,1-2H3,(H,21,24). The van der Waals surface area contributed by atoms with Crippen molar-refractivity contribution in [3.05, 3.63) is 48.2 Å². The molecular weight excluding hydrogens is 364 g/mol. The molecule has 7 nitrogen and oxygen atoms in total. The van der Waals surface area contributed by atoms with Gasteiger partial charge in [0, 0.05) is 25.2 Å². The van der Waals surface area contributed by atoms with Crippen LogP contribution in [-0.2, 0) is 10.0 Å². The second kappa shape index (κ2) is 7.96. The summed E-state index contributed by atoms with van der Waals surface area (Å²) in [6, 6.07) is 10.3. The number of carbonyl (C=O) groups is 1. The zero-order valence-corrected chi connectivity index (χ0v) is 16.4. The van der Waals surface area contributed by atoms with Gasteiger partial charge in [0.05, 0.1) is 23.3 Å². The summed E-state index contributed by atoms with van der Waals surface area (Å²) in [6.07, 6.45) is 2.26. The van der Waals surface area contributed by atoms with E-state index < -0.39 is 10.0 Å². The molecule has 1 aromatic carbocycles. The summed E-state index contributed by atoms with van der Waals surface area (Å²) < 4.78 is 25.3. The first-order chi connectivity index (χ1) is 12.9. The maximum absolute atomic E-state index is 12.4. The van der Waals surface area contributed by atoms with E-state index in [4.69, 9.17) is 0 Å².